The lowest BCUT2D eigenvalue weighted by Crippen LogP contribution is -2.31. The van der Waals surface area contributed by atoms with Gasteiger partial charge in [0.25, 0.3) is 0 Å². The van der Waals surface area contributed by atoms with Gasteiger partial charge in [-0.2, -0.15) is 0 Å². The van der Waals surface area contributed by atoms with E-state index in [1.807, 2.05) is 20.8 Å². The summed E-state index contributed by atoms with van der Waals surface area (Å²) >= 11 is 0. The van der Waals surface area contributed by atoms with Crippen molar-refractivity contribution in [3.63, 3.8) is 0 Å². The number of esters is 2. The number of unbranched alkanes of at least 4 members (excludes halogenated alkanes) is 15. The van der Waals surface area contributed by atoms with Crippen LogP contribution in [0.4, 0.5) is 0 Å². The van der Waals surface area contributed by atoms with Gasteiger partial charge in [-0.25, -0.2) is 9.59 Å². The van der Waals surface area contributed by atoms with E-state index in [4.69, 9.17) is 23.7 Å². The van der Waals surface area contributed by atoms with Crippen molar-refractivity contribution in [1.82, 2.24) is 0 Å². The van der Waals surface area contributed by atoms with E-state index in [2.05, 4.69) is 6.92 Å². The van der Waals surface area contributed by atoms with Gasteiger partial charge in [-0.15, -0.1) is 0 Å². The van der Waals surface area contributed by atoms with E-state index in [0.29, 0.717) is 19.6 Å². The molecular weight excluding hydrogens is 484 g/mol. The van der Waals surface area contributed by atoms with E-state index in [-0.39, 0.29) is 31.5 Å². The molecule has 226 valence electrons. The van der Waals surface area contributed by atoms with Crippen LogP contribution in [0.3, 0.4) is 0 Å². The van der Waals surface area contributed by atoms with Crippen LogP contribution in [-0.2, 0) is 33.3 Å². The second-order valence-corrected chi connectivity index (χ2v) is 11.1. The first-order chi connectivity index (χ1) is 18.3. The van der Waals surface area contributed by atoms with Crippen molar-refractivity contribution in [2.45, 2.75) is 149 Å². The molecule has 0 rings (SSSR count). The molecule has 0 aliphatic carbocycles. The minimum absolute atomic E-state index is 0.0577. The van der Waals surface area contributed by atoms with Gasteiger partial charge in [-0.1, -0.05) is 103 Å². The van der Waals surface area contributed by atoms with Crippen molar-refractivity contribution in [3.05, 3.63) is 0 Å². The second-order valence-electron chi connectivity index (χ2n) is 11.1. The molecule has 0 bridgehead atoms. The molecule has 7 heteroatoms. The predicted molar refractivity (Wildman–Crippen MR) is 153 cm³/mol. The summed E-state index contributed by atoms with van der Waals surface area (Å²) in [5.41, 5.74) is -0.348. The van der Waals surface area contributed by atoms with Crippen molar-refractivity contribution in [2.24, 2.45) is 0 Å². The predicted octanol–water partition coefficient (Wildman–Crippen LogP) is 7.57. The van der Waals surface area contributed by atoms with E-state index >= 15 is 0 Å². The second kappa shape index (κ2) is 26.1. The molecular formula is C31H60O7. The highest BCUT2D eigenvalue weighted by Crippen LogP contribution is 2.14. The summed E-state index contributed by atoms with van der Waals surface area (Å²) in [6.07, 6.45) is 21.5. The quantitative estimate of drug-likeness (QED) is 0.0742. The Bertz CT molecular complexity index is 550. The topological polar surface area (TPSA) is 80.3 Å². The Morgan fingerprint density at radius 1 is 0.658 bits per heavy atom. The highest BCUT2D eigenvalue weighted by Gasteiger charge is 2.18. The SMILES string of the molecule is CCCCCCCCCCCCCCCCCCOC(=O)COCC(=O)OCCC(C)OCC(C)(C)OC. The normalized spacial score (nSPS) is 12.4. The lowest BCUT2D eigenvalue weighted by atomic mass is 10.0. The Kier molecular flexibility index (Phi) is 25.3. The third kappa shape index (κ3) is 26.4. The zero-order chi connectivity index (χ0) is 28.3. The minimum Gasteiger partial charge on any atom is -0.464 e. The maximum atomic E-state index is 11.7. The molecule has 0 spiro atoms. The van der Waals surface area contributed by atoms with E-state index in [1.54, 1.807) is 7.11 Å². The molecule has 0 heterocycles. The van der Waals surface area contributed by atoms with Gasteiger partial charge in [0.1, 0.15) is 13.2 Å². The highest BCUT2D eigenvalue weighted by atomic mass is 16.6. The van der Waals surface area contributed by atoms with Crippen molar-refractivity contribution in [2.75, 3.05) is 40.1 Å². The van der Waals surface area contributed by atoms with Crippen LogP contribution in [0, 0.1) is 0 Å². The van der Waals surface area contributed by atoms with Crippen LogP contribution in [0.15, 0.2) is 0 Å². The van der Waals surface area contributed by atoms with Crippen molar-refractivity contribution >= 4 is 11.9 Å². The molecule has 0 aromatic heterocycles. The number of carbonyl (C=O) groups is 2. The van der Waals surface area contributed by atoms with Crippen molar-refractivity contribution < 1.29 is 33.3 Å². The fourth-order valence-electron chi connectivity index (χ4n) is 3.96. The summed E-state index contributed by atoms with van der Waals surface area (Å²) in [5.74, 6) is -0.943. The van der Waals surface area contributed by atoms with Crippen LogP contribution in [0.1, 0.15) is 137 Å². The van der Waals surface area contributed by atoms with Gasteiger partial charge >= 0.3 is 11.9 Å². The first-order valence-electron chi connectivity index (χ1n) is 15.4. The Balaban J connectivity index is 3.40. The van der Waals surface area contributed by atoms with Crippen LogP contribution in [-0.4, -0.2) is 63.8 Å². The van der Waals surface area contributed by atoms with Gasteiger partial charge in [0.15, 0.2) is 0 Å². The summed E-state index contributed by atoms with van der Waals surface area (Å²) in [7, 11) is 1.65. The zero-order valence-corrected chi connectivity index (χ0v) is 25.5. The summed E-state index contributed by atoms with van der Waals surface area (Å²) in [6, 6.07) is 0. The number of rotatable bonds is 28. The fraction of sp³-hybridized carbons (Fsp3) is 0.935. The number of carbonyl (C=O) groups excluding carboxylic acids is 2. The minimum atomic E-state index is -0.500. The Morgan fingerprint density at radius 2 is 1.08 bits per heavy atom. The molecule has 1 unspecified atom stereocenters. The molecule has 0 aromatic rings. The van der Waals surface area contributed by atoms with Crippen molar-refractivity contribution in [1.29, 1.82) is 0 Å². The van der Waals surface area contributed by atoms with E-state index < -0.39 is 11.9 Å². The lowest BCUT2D eigenvalue weighted by molar-refractivity contribution is -0.156. The van der Waals surface area contributed by atoms with E-state index in [9.17, 15) is 9.59 Å². The summed E-state index contributed by atoms with van der Waals surface area (Å²) in [6.45, 7) is 8.69. The number of hydrogen-bond acceptors (Lipinski definition) is 7. The molecule has 0 radical (unpaired) electrons. The van der Waals surface area contributed by atoms with E-state index in [1.165, 1.54) is 89.9 Å². The van der Waals surface area contributed by atoms with Gasteiger partial charge < -0.3 is 23.7 Å². The standard InChI is InChI=1S/C31H60O7/c1-6-7-8-9-10-11-12-13-14-15-16-17-18-19-20-21-23-36-29(32)25-35-26-30(33)37-24-22-28(2)38-27-31(3,4)34-5/h28H,6-27H2,1-5H3. The molecule has 0 aromatic carbocycles. The zero-order valence-electron chi connectivity index (χ0n) is 25.5. The molecule has 0 saturated heterocycles. The third-order valence-corrected chi connectivity index (χ3v) is 6.76. The van der Waals surface area contributed by atoms with Crippen molar-refractivity contribution in [3.8, 4) is 0 Å². The highest BCUT2D eigenvalue weighted by molar-refractivity contribution is 5.73. The van der Waals surface area contributed by atoms with Gasteiger partial charge in [-0.05, 0) is 27.2 Å². The Morgan fingerprint density at radius 3 is 1.53 bits per heavy atom. The Hall–Kier alpha value is -1.18. The monoisotopic (exact) mass is 544 g/mol. The average molecular weight is 545 g/mol. The number of hydrogen-bond donors (Lipinski definition) is 0. The maximum absolute atomic E-state index is 11.7. The van der Waals surface area contributed by atoms with E-state index in [0.717, 1.165) is 12.8 Å². The maximum Gasteiger partial charge on any atom is 0.332 e. The summed E-state index contributed by atoms with van der Waals surface area (Å²) in [5, 5.41) is 0. The number of ether oxygens (including phenoxy) is 5. The third-order valence-electron chi connectivity index (χ3n) is 6.76. The summed E-state index contributed by atoms with van der Waals surface area (Å²) < 4.78 is 26.4. The first kappa shape index (κ1) is 36.8. The smallest absolute Gasteiger partial charge is 0.332 e. The van der Waals surface area contributed by atoms with Crippen LogP contribution in [0.25, 0.3) is 0 Å². The summed E-state index contributed by atoms with van der Waals surface area (Å²) in [4.78, 5) is 23.5. The molecule has 0 aliphatic rings. The van der Waals surface area contributed by atoms with Gasteiger partial charge in [0.05, 0.1) is 31.5 Å². The number of methoxy groups -OCH3 is 1. The molecule has 1 atom stereocenters. The fourth-order valence-corrected chi connectivity index (χ4v) is 3.96. The molecule has 38 heavy (non-hydrogen) atoms. The van der Waals surface area contributed by atoms with Crippen LogP contribution in [0.2, 0.25) is 0 Å². The molecule has 0 N–H and O–H groups in total. The van der Waals surface area contributed by atoms with Gasteiger partial charge in [0, 0.05) is 13.5 Å². The molecule has 0 fully saturated rings. The van der Waals surface area contributed by atoms with Crippen LogP contribution in [0.5, 0.6) is 0 Å². The average Bonchev–Trinajstić information content (AvgIpc) is 2.89. The van der Waals surface area contributed by atoms with Crippen LogP contribution < -0.4 is 0 Å². The molecule has 7 nitrogen and oxygen atoms in total. The molecule has 0 aliphatic heterocycles. The Labute approximate surface area is 234 Å². The van der Waals surface area contributed by atoms with Gasteiger partial charge in [-0.3, -0.25) is 0 Å². The van der Waals surface area contributed by atoms with Crippen LogP contribution >= 0.6 is 0 Å². The first-order valence-corrected chi connectivity index (χ1v) is 15.4. The lowest BCUT2D eigenvalue weighted by Gasteiger charge is -2.24. The van der Waals surface area contributed by atoms with Gasteiger partial charge in [0.2, 0.25) is 0 Å². The largest absolute Gasteiger partial charge is 0.464 e. The molecule has 0 amide bonds. The molecule has 0 saturated carbocycles.